The first kappa shape index (κ1) is 13.2. The Morgan fingerprint density at radius 1 is 1.05 bits per heavy atom. The zero-order chi connectivity index (χ0) is 13.2. The third-order valence-corrected chi connectivity index (χ3v) is 4.48. The smallest absolute Gasteiger partial charge is 0.162 e. The van der Waals surface area contributed by atoms with Crippen LogP contribution in [0.5, 0.6) is 11.5 Å². The van der Waals surface area contributed by atoms with Crippen molar-refractivity contribution in [2.24, 2.45) is 11.7 Å². The second-order valence-corrected chi connectivity index (χ2v) is 5.85. The molecule has 0 radical (unpaired) electrons. The summed E-state index contributed by atoms with van der Waals surface area (Å²) in [5, 5.41) is 0. The topological polar surface area (TPSA) is 53.7 Å². The molecule has 5 heteroatoms. The van der Waals surface area contributed by atoms with Crippen molar-refractivity contribution in [3.63, 3.8) is 0 Å². The fraction of sp³-hybridized carbons (Fsp3) is 0.571. The summed E-state index contributed by atoms with van der Waals surface area (Å²) in [6.45, 7) is 2.81. The van der Waals surface area contributed by atoms with Crippen molar-refractivity contribution >= 4 is 15.9 Å². The van der Waals surface area contributed by atoms with E-state index in [1.165, 1.54) is 0 Å². The van der Waals surface area contributed by atoms with Crippen molar-refractivity contribution in [1.29, 1.82) is 0 Å². The second-order valence-electron chi connectivity index (χ2n) is 4.99. The number of halogens is 1. The van der Waals surface area contributed by atoms with Crippen molar-refractivity contribution < 1.29 is 14.2 Å². The maximum absolute atomic E-state index is 6.42. The van der Waals surface area contributed by atoms with Gasteiger partial charge in [0, 0.05) is 23.7 Å². The van der Waals surface area contributed by atoms with E-state index >= 15 is 0 Å². The lowest BCUT2D eigenvalue weighted by molar-refractivity contribution is 0.0582. The molecule has 2 aliphatic rings. The third kappa shape index (κ3) is 2.73. The molecule has 104 valence electrons. The van der Waals surface area contributed by atoms with Crippen LogP contribution in [0.25, 0.3) is 0 Å². The number of benzene rings is 1. The summed E-state index contributed by atoms with van der Waals surface area (Å²) in [4.78, 5) is 0. The van der Waals surface area contributed by atoms with Gasteiger partial charge in [-0.3, -0.25) is 0 Å². The van der Waals surface area contributed by atoms with E-state index in [-0.39, 0.29) is 6.04 Å². The monoisotopic (exact) mass is 327 g/mol. The fourth-order valence-electron chi connectivity index (χ4n) is 2.66. The quantitative estimate of drug-likeness (QED) is 0.907. The van der Waals surface area contributed by atoms with Gasteiger partial charge in [0.25, 0.3) is 0 Å². The lowest BCUT2D eigenvalue weighted by Gasteiger charge is -2.29. The Hall–Kier alpha value is -0.780. The van der Waals surface area contributed by atoms with E-state index in [9.17, 15) is 0 Å². The van der Waals surface area contributed by atoms with Gasteiger partial charge in [-0.15, -0.1) is 0 Å². The largest absolute Gasteiger partial charge is 0.486 e. The van der Waals surface area contributed by atoms with E-state index in [4.69, 9.17) is 19.9 Å². The van der Waals surface area contributed by atoms with Gasteiger partial charge in [-0.2, -0.15) is 0 Å². The van der Waals surface area contributed by atoms with Crippen LogP contribution in [0, 0.1) is 5.92 Å². The first-order valence-electron chi connectivity index (χ1n) is 6.68. The van der Waals surface area contributed by atoms with Crippen LogP contribution in [0.1, 0.15) is 24.4 Å². The molecule has 0 aromatic heterocycles. The highest BCUT2D eigenvalue weighted by molar-refractivity contribution is 9.10. The SMILES string of the molecule is NC(c1cc2c(cc1Br)OCCO2)C1CCOCC1. The van der Waals surface area contributed by atoms with Gasteiger partial charge < -0.3 is 19.9 Å². The van der Waals surface area contributed by atoms with E-state index in [1.54, 1.807) is 0 Å². The Morgan fingerprint density at radius 3 is 2.37 bits per heavy atom. The van der Waals surface area contributed by atoms with E-state index in [2.05, 4.69) is 15.9 Å². The van der Waals surface area contributed by atoms with Gasteiger partial charge in [0.1, 0.15) is 13.2 Å². The molecule has 0 bridgehead atoms. The average molecular weight is 328 g/mol. The molecule has 1 fully saturated rings. The van der Waals surface area contributed by atoms with E-state index in [0.717, 1.165) is 47.6 Å². The van der Waals surface area contributed by atoms with E-state index in [1.807, 2.05) is 12.1 Å². The molecule has 2 aliphatic heterocycles. The lowest BCUT2D eigenvalue weighted by atomic mass is 9.87. The predicted octanol–water partition coefficient (Wildman–Crippen LogP) is 2.65. The number of hydrogen-bond donors (Lipinski definition) is 1. The Bertz CT molecular complexity index is 460. The molecule has 1 unspecified atom stereocenters. The van der Waals surface area contributed by atoms with Crippen LogP contribution >= 0.6 is 15.9 Å². The van der Waals surface area contributed by atoms with Crippen LogP contribution in [-0.2, 0) is 4.74 Å². The molecule has 0 spiro atoms. The number of nitrogens with two attached hydrogens (primary N) is 1. The third-order valence-electron chi connectivity index (χ3n) is 3.79. The van der Waals surface area contributed by atoms with Gasteiger partial charge in [0.05, 0.1) is 0 Å². The number of ether oxygens (including phenoxy) is 3. The molecule has 19 heavy (non-hydrogen) atoms. The van der Waals surface area contributed by atoms with Crippen LogP contribution < -0.4 is 15.2 Å². The van der Waals surface area contributed by atoms with Gasteiger partial charge in [0.2, 0.25) is 0 Å². The standard InChI is InChI=1S/C14H18BrNO3/c15-11-8-13-12(18-5-6-19-13)7-10(11)14(16)9-1-3-17-4-2-9/h7-9,14H,1-6,16H2. The molecule has 1 saturated heterocycles. The van der Waals surface area contributed by atoms with Gasteiger partial charge in [-0.05, 0) is 36.5 Å². The Morgan fingerprint density at radius 2 is 1.68 bits per heavy atom. The van der Waals surface area contributed by atoms with Gasteiger partial charge in [-0.1, -0.05) is 15.9 Å². The summed E-state index contributed by atoms with van der Waals surface area (Å²) in [6, 6.07) is 3.98. The first-order chi connectivity index (χ1) is 9.25. The minimum atomic E-state index is 0.00843. The molecule has 0 amide bonds. The van der Waals surface area contributed by atoms with Crippen LogP contribution in [0.4, 0.5) is 0 Å². The van der Waals surface area contributed by atoms with Crippen molar-refractivity contribution in [1.82, 2.24) is 0 Å². The molecule has 1 atom stereocenters. The number of fused-ring (bicyclic) bond motifs is 1. The minimum absolute atomic E-state index is 0.00843. The molecule has 3 rings (SSSR count). The minimum Gasteiger partial charge on any atom is -0.486 e. The normalized spacial score (nSPS) is 21.2. The van der Waals surface area contributed by atoms with Crippen molar-refractivity contribution in [3.05, 3.63) is 22.2 Å². The predicted molar refractivity (Wildman–Crippen MR) is 75.6 cm³/mol. The molecule has 2 heterocycles. The Balaban J connectivity index is 1.86. The van der Waals surface area contributed by atoms with Crippen molar-refractivity contribution in [3.8, 4) is 11.5 Å². The fourth-order valence-corrected chi connectivity index (χ4v) is 3.25. The van der Waals surface area contributed by atoms with E-state index in [0.29, 0.717) is 19.1 Å². The Labute approximate surface area is 121 Å². The van der Waals surface area contributed by atoms with E-state index < -0.39 is 0 Å². The number of rotatable bonds is 2. The van der Waals surface area contributed by atoms with Crippen molar-refractivity contribution in [2.45, 2.75) is 18.9 Å². The Kier molecular flexibility index (Phi) is 3.96. The zero-order valence-corrected chi connectivity index (χ0v) is 12.3. The highest BCUT2D eigenvalue weighted by Crippen LogP contribution is 2.40. The van der Waals surface area contributed by atoms with Gasteiger partial charge in [0.15, 0.2) is 11.5 Å². The first-order valence-corrected chi connectivity index (χ1v) is 7.47. The summed E-state index contributed by atoms with van der Waals surface area (Å²) in [5.74, 6) is 2.06. The molecule has 0 saturated carbocycles. The molecule has 0 aliphatic carbocycles. The highest BCUT2D eigenvalue weighted by Gasteiger charge is 2.26. The number of hydrogen-bond acceptors (Lipinski definition) is 4. The average Bonchev–Trinajstić information content (AvgIpc) is 2.47. The lowest BCUT2D eigenvalue weighted by Crippen LogP contribution is -2.28. The zero-order valence-electron chi connectivity index (χ0n) is 10.7. The molecular weight excluding hydrogens is 310 g/mol. The maximum Gasteiger partial charge on any atom is 0.162 e. The molecule has 1 aromatic rings. The van der Waals surface area contributed by atoms with Gasteiger partial charge in [-0.25, -0.2) is 0 Å². The summed E-state index contributed by atoms with van der Waals surface area (Å²) in [5.41, 5.74) is 7.52. The molecule has 1 aromatic carbocycles. The van der Waals surface area contributed by atoms with Crippen LogP contribution in [0.15, 0.2) is 16.6 Å². The van der Waals surface area contributed by atoms with Crippen molar-refractivity contribution in [2.75, 3.05) is 26.4 Å². The molecular formula is C14H18BrNO3. The van der Waals surface area contributed by atoms with Crippen LogP contribution in [0.3, 0.4) is 0 Å². The maximum atomic E-state index is 6.42. The highest BCUT2D eigenvalue weighted by atomic mass is 79.9. The summed E-state index contributed by atoms with van der Waals surface area (Å²) in [6.07, 6.45) is 2.03. The van der Waals surface area contributed by atoms with Crippen LogP contribution in [0.2, 0.25) is 0 Å². The van der Waals surface area contributed by atoms with Crippen LogP contribution in [-0.4, -0.2) is 26.4 Å². The molecule has 4 nitrogen and oxygen atoms in total. The summed E-state index contributed by atoms with van der Waals surface area (Å²) in [7, 11) is 0. The van der Waals surface area contributed by atoms with Gasteiger partial charge >= 0.3 is 0 Å². The second kappa shape index (κ2) is 5.69. The summed E-state index contributed by atoms with van der Waals surface area (Å²) < 4.78 is 17.6. The summed E-state index contributed by atoms with van der Waals surface area (Å²) >= 11 is 3.60. The molecule has 2 N–H and O–H groups in total.